The molecule has 1 aromatic carbocycles. The number of benzene rings is 1. The zero-order chi connectivity index (χ0) is 18.8. The van der Waals surface area contributed by atoms with Crippen molar-refractivity contribution < 1.29 is 25.6 Å². The molecule has 0 aliphatic carbocycles. The molecule has 1 aliphatic rings. The van der Waals surface area contributed by atoms with Gasteiger partial charge in [-0.25, -0.2) is 17.2 Å². The van der Waals surface area contributed by atoms with Crippen molar-refractivity contribution >= 4 is 20.2 Å². The van der Waals surface area contributed by atoms with Crippen molar-refractivity contribution in [3.05, 3.63) is 29.8 Å². The number of sulfonamides is 1. The third-order valence-electron chi connectivity index (χ3n) is 4.03. The minimum absolute atomic E-state index is 0.0180. The second kappa shape index (κ2) is 7.62. The minimum Gasteiger partial charge on any atom is -0.207 e. The second-order valence-electron chi connectivity index (χ2n) is 5.50. The number of piperazine rings is 1. The van der Waals surface area contributed by atoms with E-state index in [1.54, 1.807) is 13.8 Å². The van der Waals surface area contributed by atoms with Crippen LogP contribution in [0, 0.1) is 11.6 Å². The largest absolute Gasteiger partial charge is 0.282 e. The van der Waals surface area contributed by atoms with Crippen LogP contribution < -0.4 is 0 Å². The number of rotatable bonds is 6. The van der Waals surface area contributed by atoms with Crippen molar-refractivity contribution in [2.24, 2.45) is 0 Å². The maximum atomic E-state index is 13.3. The van der Waals surface area contributed by atoms with Crippen molar-refractivity contribution in [2.75, 3.05) is 39.3 Å². The molecule has 1 aliphatic heterocycles. The average molecular weight is 397 g/mol. The fourth-order valence-corrected chi connectivity index (χ4v) is 5.75. The van der Waals surface area contributed by atoms with Gasteiger partial charge >= 0.3 is 0 Å². The molecule has 0 spiro atoms. The van der Waals surface area contributed by atoms with Gasteiger partial charge in [0.05, 0.1) is 4.90 Å². The quantitative estimate of drug-likeness (QED) is 0.713. The fourth-order valence-electron chi connectivity index (χ4n) is 2.68. The zero-order valence-electron chi connectivity index (χ0n) is 14.0. The van der Waals surface area contributed by atoms with Crippen molar-refractivity contribution in [1.29, 1.82) is 0 Å². The minimum atomic E-state index is -4.09. The summed E-state index contributed by atoms with van der Waals surface area (Å²) >= 11 is 0. The molecule has 0 aromatic heterocycles. The predicted molar refractivity (Wildman–Crippen MR) is 88.5 cm³/mol. The molecule has 7 nitrogen and oxygen atoms in total. The van der Waals surface area contributed by atoms with Crippen LogP contribution in [0.15, 0.2) is 23.1 Å². The van der Waals surface area contributed by atoms with E-state index in [0.717, 1.165) is 16.4 Å². The Morgan fingerprint density at radius 2 is 1.32 bits per heavy atom. The summed E-state index contributed by atoms with van der Waals surface area (Å²) < 4.78 is 80.1. The van der Waals surface area contributed by atoms with Crippen LogP contribution >= 0.6 is 0 Å². The molecule has 0 N–H and O–H groups in total. The van der Waals surface area contributed by atoms with Gasteiger partial charge in [-0.05, 0) is 12.1 Å². The normalized spacial score (nSPS) is 18.0. The summed E-state index contributed by atoms with van der Waals surface area (Å²) in [6.45, 7) is 3.88. The number of halogens is 2. The van der Waals surface area contributed by atoms with E-state index < -0.39 is 36.8 Å². The Hall–Kier alpha value is -1.14. The van der Waals surface area contributed by atoms with Crippen molar-refractivity contribution in [3.8, 4) is 0 Å². The molecule has 0 atom stereocenters. The average Bonchev–Trinajstić information content (AvgIpc) is 2.55. The summed E-state index contributed by atoms with van der Waals surface area (Å²) in [7, 11) is -7.74. The maximum Gasteiger partial charge on any atom is 0.282 e. The van der Waals surface area contributed by atoms with E-state index in [4.69, 9.17) is 0 Å². The Morgan fingerprint density at radius 1 is 0.880 bits per heavy atom. The van der Waals surface area contributed by atoms with Crippen LogP contribution in [-0.2, 0) is 20.2 Å². The van der Waals surface area contributed by atoms with Gasteiger partial charge in [0.15, 0.2) is 0 Å². The van der Waals surface area contributed by atoms with Crippen LogP contribution in [0.3, 0.4) is 0 Å². The van der Waals surface area contributed by atoms with Crippen LogP contribution in [0.1, 0.15) is 13.8 Å². The SMILES string of the molecule is CCN(CC)S(=O)(=O)N1CCN(S(=O)(=O)c2cc(F)cc(F)c2)CC1. The summed E-state index contributed by atoms with van der Waals surface area (Å²) in [5.41, 5.74) is 0. The van der Waals surface area contributed by atoms with E-state index in [1.807, 2.05) is 0 Å². The molecule has 1 fully saturated rings. The van der Waals surface area contributed by atoms with Crippen LogP contribution in [-0.4, -0.2) is 69.0 Å². The van der Waals surface area contributed by atoms with Crippen LogP contribution in [0.4, 0.5) is 8.78 Å². The highest BCUT2D eigenvalue weighted by molar-refractivity contribution is 7.89. The number of hydrogen-bond acceptors (Lipinski definition) is 4. The zero-order valence-corrected chi connectivity index (χ0v) is 15.7. The first-order valence-corrected chi connectivity index (χ1v) is 10.7. The molecule has 0 amide bonds. The van der Waals surface area contributed by atoms with E-state index >= 15 is 0 Å². The van der Waals surface area contributed by atoms with Crippen molar-refractivity contribution in [3.63, 3.8) is 0 Å². The van der Waals surface area contributed by atoms with Gasteiger partial charge in [-0.15, -0.1) is 0 Å². The molecule has 0 radical (unpaired) electrons. The van der Waals surface area contributed by atoms with Crippen LogP contribution in [0.25, 0.3) is 0 Å². The lowest BCUT2D eigenvalue weighted by Crippen LogP contribution is -2.54. The Balaban J connectivity index is 2.16. The lowest BCUT2D eigenvalue weighted by Gasteiger charge is -2.35. The molecular formula is C14H21F2N3O4S2. The monoisotopic (exact) mass is 397 g/mol. The molecule has 1 saturated heterocycles. The highest BCUT2D eigenvalue weighted by Crippen LogP contribution is 2.21. The summed E-state index contributed by atoms with van der Waals surface area (Å²) in [6.07, 6.45) is 0. The van der Waals surface area contributed by atoms with Gasteiger partial charge in [0.1, 0.15) is 11.6 Å². The smallest absolute Gasteiger partial charge is 0.207 e. The van der Waals surface area contributed by atoms with E-state index in [2.05, 4.69) is 0 Å². The summed E-state index contributed by atoms with van der Waals surface area (Å²) in [5, 5.41) is 0. The van der Waals surface area contributed by atoms with Gasteiger partial charge in [0.25, 0.3) is 10.2 Å². The summed E-state index contributed by atoms with van der Waals surface area (Å²) in [6, 6.07) is 2.09. The highest BCUT2D eigenvalue weighted by Gasteiger charge is 2.35. The van der Waals surface area contributed by atoms with E-state index in [9.17, 15) is 25.6 Å². The van der Waals surface area contributed by atoms with Crippen molar-refractivity contribution in [1.82, 2.24) is 12.9 Å². The molecular weight excluding hydrogens is 376 g/mol. The molecule has 2 rings (SSSR count). The molecule has 0 unspecified atom stereocenters. The lowest BCUT2D eigenvalue weighted by molar-refractivity contribution is 0.256. The van der Waals surface area contributed by atoms with Gasteiger partial charge in [0, 0.05) is 45.3 Å². The van der Waals surface area contributed by atoms with Gasteiger partial charge in [0.2, 0.25) is 10.0 Å². The third kappa shape index (κ3) is 4.17. The van der Waals surface area contributed by atoms with Gasteiger partial charge in [-0.3, -0.25) is 0 Å². The first-order chi connectivity index (χ1) is 11.6. The van der Waals surface area contributed by atoms with E-state index in [1.165, 1.54) is 8.61 Å². The highest BCUT2D eigenvalue weighted by atomic mass is 32.2. The summed E-state index contributed by atoms with van der Waals surface area (Å²) in [5.74, 6) is -1.97. The van der Waals surface area contributed by atoms with Crippen LogP contribution in [0.2, 0.25) is 0 Å². The lowest BCUT2D eigenvalue weighted by atomic mass is 10.3. The van der Waals surface area contributed by atoms with Crippen molar-refractivity contribution in [2.45, 2.75) is 18.7 Å². The standard InChI is InChI=1S/C14H21F2N3O4S2/c1-3-17(4-2)25(22,23)19-7-5-18(6-8-19)24(20,21)14-10-12(15)9-13(16)11-14/h9-11H,3-8H2,1-2H3. The van der Waals surface area contributed by atoms with Crippen LogP contribution in [0.5, 0.6) is 0 Å². The first kappa shape index (κ1) is 20.2. The van der Waals surface area contributed by atoms with E-state index in [0.29, 0.717) is 19.2 Å². The Kier molecular flexibility index (Phi) is 6.15. The Labute approximate surface area is 147 Å². The molecule has 142 valence electrons. The Morgan fingerprint density at radius 3 is 1.76 bits per heavy atom. The summed E-state index contributed by atoms with van der Waals surface area (Å²) in [4.78, 5) is -0.481. The molecule has 0 bridgehead atoms. The van der Waals surface area contributed by atoms with E-state index in [-0.39, 0.29) is 26.2 Å². The molecule has 0 saturated carbocycles. The molecule has 1 heterocycles. The van der Waals surface area contributed by atoms with Gasteiger partial charge in [-0.2, -0.15) is 21.3 Å². The molecule has 11 heteroatoms. The maximum absolute atomic E-state index is 13.3. The second-order valence-corrected chi connectivity index (χ2v) is 9.37. The third-order valence-corrected chi connectivity index (χ3v) is 8.09. The van der Waals surface area contributed by atoms with Gasteiger partial charge < -0.3 is 0 Å². The first-order valence-electron chi connectivity index (χ1n) is 7.84. The predicted octanol–water partition coefficient (Wildman–Crippen LogP) is 0.858. The number of nitrogens with zero attached hydrogens (tertiary/aromatic N) is 3. The Bertz CT molecular complexity index is 798. The molecule has 1 aromatic rings. The number of hydrogen-bond donors (Lipinski definition) is 0. The topological polar surface area (TPSA) is 78.0 Å². The fraction of sp³-hybridized carbons (Fsp3) is 0.571. The molecule has 25 heavy (non-hydrogen) atoms. The van der Waals surface area contributed by atoms with Gasteiger partial charge in [-0.1, -0.05) is 13.8 Å².